The molecule has 30 heavy (non-hydrogen) atoms. The molecule has 1 aliphatic rings. The zero-order chi connectivity index (χ0) is 22.1. The molecule has 0 radical (unpaired) electrons. The number of carbonyl (C=O) groups excluding carboxylic acids is 1. The molecule has 0 amide bonds. The lowest BCUT2D eigenvalue weighted by molar-refractivity contribution is -0.141. The van der Waals surface area contributed by atoms with Crippen LogP contribution in [0.3, 0.4) is 0 Å². The molecule has 8 nitrogen and oxygen atoms in total. The van der Waals surface area contributed by atoms with Crippen molar-refractivity contribution in [2.75, 3.05) is 18.1 Å². The van der Waals surface area contributed by atoms with E-state index < -0.39 is 33.1 Å². The van der Waals surface area contributed by atoms with Gasteiger partial charge in [-0.2, -0.15) is 23.0 Å². The van der Waals surface area contributed by atoms with Gasteiger partial charge < -0.3 is 5.32 Å². The number of nitrogens with one attached hydrogen (secondary N) is 1. The van der Waals surface area contributed by atoms with Gasteiger partial charge in [-0.1, -0.05) is 19.3 Å². The van der Waals surface area contributed by atoms with Crippen molar-refractivity contribution in [1.82, 2.24) is 20.0 Å². The van der Waals surface area contributed by atoms with E-state index in [0.29, 0.717) is 6.54 Å². The summed E-state index contributed by atoms with van der Waals surface area (Å²) in [6.07, 6.45) is 1.23. The maximum absolute atomic E-state index is 13.6. The minimum atomic E-state index is -4.85. The molecule has 2 aromatic rings. The first-order valence-corrected chi connectivity index (χ1v) is 11.4. The Balaban J connectivity index is 2.06. The van der Waals surface area contributed by atoms with Crippen LogP contribution in [-0.2, 0) is 16.0 Å². The second-order valence-electron chi connectivity index (χ2n) is 7.42. The van der Waals surface area contributed by atoms with Crippen LogP contribution in [-0.4, -0.2) is 47.0 Å². The fourth-order valence-electron chi connectivity index (χ4n) is 3.54. The number of aromatic nitrogens is 4. The van der Waals surface area contributed by atoms with Crippen LogP contribution in [0.25, 0.3) is 5.82 Å². The summed E-state index contributed by atoms with van der Waals surface area (Å²) in [4.78, 5) is 12.1. The van der Waals surface area contributed by atoms with Crippen LogP contribution in [0.4, 0.5) is 19.0 Å². The molecule has 0 spiro atoms. The lowest BCUT2D eigenvalue weighted by atomic mass is 9.89. The lowest BCUT2D eigenvalue weighted by Crippen LogP contribution is -2.20. The Morgan fingerprint density at radius 3 is 2.37 bits per heavy atom. The monoisotopic (exact) mass is 445 g/mol. The summed E-state index contributed by atoms with van der Waals surface area (Å²) in [7, 11) is -3.63. The summed E-state index contributed by atoms with van der Waals surface area (Å²) in [5.74, 6) is -0.774. The SMILES string of the molecule is CC(=O)c1c(C(F)(F)F)nn(-c2ccc(S(C)(=O)=O)nn2)c1NCC1CCCCC1. The minimum absolute atomic E-state index is 0.123. The standard InChI is InChI=1S/C18H22F3N5O3S/c1-11(27)15-16(18(19,20)21)25-26(13-8-9-14(24-23-13)30(2,28)29)17(15)22-10-12-6-4-3-5-7-12/h8-9,12,22H,3-7,10H2,1-2H3. The molecular formula is C18H22F3N5O3S. The Morgan fingerprint density at radius 2 is 1.87 bits per heavy atom. The number of hydrogen-bond donors (Lipinski definition) is 1. The second kappa shape index (κ2) is 8.32. The summed E-state index contributed by atoms with van der Waals surface area (Å²) in [6, 6.07) is 2.33. The van der Waals surface area contributed by atoms with E-state index >= 15 is 0 Å². The fraction of sp³-hybridized carbons (Fsp3) is 0.556. The van der Waals surface area contributed by atoms with Gasteiger partial charge in [0.05, 0.1) is 5.56 Å². The first-order chi connectivity index (χ1) is 14.0. The van der Waals surface area contributed by atoms with Crippen molar-refractivity contribution in [3.05, 3.63) is 23.4 Å². The van der Waals surface area contributed by atoms with Crippen LogP contribution in [0.2, 0.25) is 0 Å². The lowest BCUT2D eigenvalue weighted by Gasteiger charge is -2.22. The maximum Gasteiger partial charge on any atom is 0.435 e. The van der Waals surface area contributed by atoms with Gasteiger partial charge in [-0.3, -0.25) is 4.79 Å². The highest BCUT2D eigenvalue weighted by Gasteiger charge is 2.41. The van der Waals surface area contributed by atoms with E-state index in [4.69, 9.17) is 0 Å². The van der Waals surface area contributed by atoms with Crippen molar-refractivity contribution in [2.45, 2.75) is 50.2 Å². The molecule has 1 fully saturated rings. The largest absolute Gasteiger partial charge is 0.435 e. The predicted molar refractivity (Wildman–Crippen MR) is 102 cm³/mol. The van der Waals surface area contributed by atoms with Crippen molar-refractivity contribution in [2.24, 2.45) is 5.92 Å². The highest BCUT2D eigenvalue weighted by Crippen LogP contribution is 2.36. The summed E-state index contributed by atoms with van der Waals surface area (Å²) >= 11 is 0. The maximum atomic E-state index is 13.6. The third-order valence-electron chi connectivity index (χ3n) is 5.01. The minimum Gasteiger partial charge on any atom is -0.369 e. The highest BCUT2D eigenvalue weighted by atomic mass is 32.2. The van der Waals surface area contributed by atoms with Crippen LogP contribution in [0, 0.1) is 5.92 Å². The first-order valence-electron chi connectivity index (χ1n) is 9.47. The molecule has 0 saturated heterocycles. The van der Waals surface area contributed by atoms with Crippen molar-refractivity contribution < 1.29 is 26.4 Å². The van der Waals surface area contributed by atoms with E-state index in [0.717, 1.165) is 56.0 Å². The summed E-state index contributed by atoms with van der Waals surface area (Å²) in [6.45, 7) is 1.43. The zero-order valence-electron chi connectivity index (χ0n) is 16.5. The van der Waals surface area contributed by atoms with Crippen molar-refractivity contribution in [3.8, 4) is 5.82 Å². The summed E-state index contributed by atoms with van der Waals surface area (Å²) in [5, 5.41) is 13.5. The molecule has 2 heterocycles. The molecule has 1 saturated carbocycles. The number of nitrogens with zero attached hydrogens (tertiary/aromatic N) is 4. The quantitative estimate of drug-likeness (QED) is 0.680. The van der Waals surface area contributed by atoms with Crippen LogP contribution >= 0.6 is 0 Å². The van der Waals surface area contributed by atoms with E-state index in [1.54, 1.807) is 0 Å². The van der Waals surface area contributed by atoms with Crippen LogP contribution in [0.15, 0.2) is 17.2 Å². The molecule has 1 aliphatic carbocycles. The number of halogens is 3. The van der Waals surface area contributed by atoms with Gasteiger partial charge in [0.15, 0.2) is 32.2 Å². The molecular weight excluding hydrogens is 423 g/mol. The Morgan fingerprint density at radius 1 is 1.20 bits per heavy atom. The molecule has 2 aromatic heterocycles. The zero-order valence-corrected chi connectivity index (χ0v) is 17.3. The Labute approximate surface area is 171 Å². The van der Waals surface area contributed by atoms with Crippen LogP contribution < -0.4 is 5.32 Å². The first kappa shape index (κ1) is 22.2. The van der Waals surface area contributed by atoms with Crippen molar-refractivity contribution in [1.29, 1.82) is 0 Å². The second-order valence-corrected chi connectivity index (χ2v) is 9.39. The Kier molecular flexibility index (Phi) is 6.16. The highest BCUT2D eigenvalue weighted by molar-refractivity contribution is 7.90. The van der Waals surface area contributed by atoms with Gasteiger partial charge in [-0.15, -0.1) is 10.2 Å². The Bertz CT molecular complexity index is 1030. The van der Waals surface area contributed by atoms with E-state index in [-0.39, 0.29) is 22.6 Å². The summed E-state index contributed by atoms with van der Waals surface area (Å²) < 4.78 is 64.7. The number of rotatable bonds is 6. The van der Waals surface area contributed by atoms with Crippen LogP contribution in [0.5, 0.6) is 0 Å². The number of sulfone groups is 1. The number of carbonyl (C=O) groups is 1. The van der Waals surface area contributed by atoms with Gasteiger partial charge in [-0.25, -0.2) is 8.42 Å². The van der Waals surface area contributed by atoms with Gasteiger partial charge in [-0.05, 0) is 37.8 Å². The Hall–Kier alpha value is -2.50. The molecule has 0 bridgehead atoms. The molecule has 0 aliphatic heterocycles. The van der Waals surface area contributed by atoms with E-state index in [1.807, 2.05) is 0 Å². The molecule has 0 atom stereocenters. The summed E-state index contributed by atoms with van der Waals surface area (Å²) in [5.41, 5.74) is -1.90. The molecule has 164 valence electrons. The topological polar surface area (TPSA) is 107 Å². The number of Topliss-reactive ketones (excluding diaryl/α,β-unsaturated/α-hetero) is 1. The third kappa shape index (κ3) is 4.79. The molecule has 3 rings (SSSR count). The van der Waals surface area contributed by atoms with Crippen LogP contribution in [0.1, 0.15) is 55.1 Å². The smallest absolute Gasteiger partial charge is 0.369 e. The average Bonchev–Trinajstić information content (AvgIpc) is 3.07. The van der Waals surface area contributed by atoms with Crippen molar-refractivity contribution in [3.63, 3.8) is 0 Å². The fourth-order valence-corrected chi connectivity index (χ4v) is 4.04. The predicted octanol–water partition coefficient (Wildman–Crippen LogP) is 3.28. The van der Waals surface area contributed by atoms with E-state index in [2.05, 4.69) is 20.6 Å². The normalized spacial score (nSPS) is 15.9. The van der Waals surface area contributed by atoms with Crippen molar-refractivity contribution >= 4 is 21.4 Å². The third-order valence-corrected chi connectivity index (χ3v) is 5.99. The molecule has 12 heteroatoms. The molecule has 0 unspecified atom stereocenters. The molecule has 1 N–H and O–H groups in total. The number of hydrogen-bond acceptors (Lipinski definition) is 7. The number of ketones is 1. The van der Waals surface area contributed by atoms with E-state index in [9.17, 15) is 26.4 Å². The average molecular weight is 445 g/mol. The van der Waals surface area contributed by atoms with E-state index in [1.165, 1.54) is 6.07 Å². The van der Waals surface area contributed by atoms with Gasteiger partial charge in [0.2, 0.25) is 0 Å². The van der Waals surface area contributed by atoms with Gasteiger partial charge in [0, 0.05) is 12.8 Å². The van der Waals surface area contributed by atoms with Gasteiger partial charge >= 0.3 is 6.18 Å². The number of anilines is 1. The molecule has 0 aromatic carbocycles. The van der Waals surface area contributed by atoms with Gasteiger partial charge in [0.1, 0.15) is 5.82 Å². The number of alkyl halides is 3. The van der Waals surface area contributed by atoms with Gasteiger partial charge in [0.25, 0.3) is 0 Å².